The summed E-state index contributed by atoms with van der Waals surface area (Å²) in [5.41, 5.74) is 4.26. The number of nitrogens with two attached hydrogens (primary N) is 1. The van der Waals surface area contributed by atoms with Crippen molar-refractivity contribution in [3.63, 3.8) is 0 Å². The van der Waals surface area contributed by atoms with Crippen molar-refractivity contribution < 1.29 is 0 Å². The molecule has 102 valence electrons. The monoisotopic (exact) mass is 250 g/mol. The SMILES string of the molecule is CCn1cc(C(NN)C2CCCCCCC2)cn1. The van der Waals surface area contributed by atoms with Gasteiger partial charge in [-0.2, -0.15) is 5.10 Å². The van der Waals surface area contributed by atoms with Crippen molar-refractivity contribution >= 4 is 0 Å². The van der Waals surface area contributed by atoms with Crippen LogP contribution >= 0.6 is 0 Å². The van der Waals surface area contributed by atoms with Crippen LogP contribution in [-0.4, -0.2) is 9.78 Å². The van der Waals surface area contributed by atoms with Gasteiger partial charge in [0.15, 0.2) is 0 Å². The Morgan fingerprint density at radius 1 is 1.33 bits per heavy atom. The highest BCUT2D eigenvalue weighted by atomic mass is 15.3. The molecule has 1 aliphatic carbocycles. The van der Waals surface area contributed by atoms with Gasteiger partial charge >= 0.3 is 0 Å². The molecule has 1 saturated carbocycles. The number of rotatable bonds is 4. The molecule has 4 nitrogen and oxygen atoms in total. The van der Waals surface area contributed by atoms with Crippen LogP contribution in [-0.2, 0) is 6.54 Å². The molecule has 2 rings (SSSR count). The van der Waals surface area contributed by atoms with Crippen LogP contribution in [0.15, 0.2) is 12.4 Å². The van der Waals surface area contributed by atoms with E-state index in [0.717, 1.165) is 6.54 Å². The summed E-state index contributed by atoms with van der Waals surface area (Å²) < 4.78 is 1.97. The van der Waals surface area contributed by atoms with Gasteiger partial charge in [0.05, 0.1) is 12.2 Å². The van der Waals surface area contributed by atoms with Crippen LogP contribution in [0.5, 0.6) is 0 Å². The zero-order valence-corrected chi connectivity index (χ0v) is 11.4. The summed E-state index contributed by atoms with van der Waals surface area (Å²) >= 11 is 0. The Kier molecular flexibility index (Phi) is 5.20. The van der Waals surface area contributed by atoms with E-state index in [1.807, 2.05) is 10.9 Å². The smallest absolute Gasteiger partial charge is 0.0538 e. The van der Waals surface area contributed by atoms with Gasteiger partial charge in [0.2, 0.25) is 0 Å². The van der Waals surface area contributed by atoms with Crippen LogP contribution in [0.3, 0.4) is 0 Å². The summed E-state index contributed by atoms with van der Waals surface area (Å²) in [5, 5.41) is 4.36. The summed E-state index contributed by atoms with van der Waals surface area (Å²) in [7, 11) is 0. The van der Waals surface area contributed by atoms with E-state index in [4.69, 9.17) is 5.84 Å². The third kappa shape index (κ3) is 3.33. The van der Waals surface area contributed by atoms with E-state index < -0.39 is 0 Å². The molecule has 0 spiro atoms. The van der Waals surface area contributed by atoms with Gasteiger partial charge in [-0.1, -0.05) is 32.1 Å². The van der Waals surface area contributed by atoms with Crippen LogP contribution in [0.4, 0.5) is 0 Å². The molecule has 1 aliphatic rings. The lowest BCUT2D eigenvalue weighted by Crippen LogP contribution is -2.33. The van der Waals surface area contributed by atoms with Crippen molar-refractivity contribution in [3.8, 4) is 0 Å². The number of nitrogens with one attached hydrogen (secondary N) is 1. The Labute approximate surface area is 110 Å². The van der Waals surface area contributed by atoms with Crippen LogP contribution < -0.4 is 11.3 Å². The highest BCUT2D eigenvalue weighted by molar-refractivity contribution is 5.11. The highest BCUT2D eigenvalue weighted by Gasteiger charge is 2.23. The van der Waals surface area contributed by atoms with Gasteiger partial charge < -0.3 is 0 Å². The van der Waals surface area contributed by atoms with E-state index in [1.165, 1.54) is 50.5 Å². The first kappa shape index (κ1) is 13.6. The minimum absolute atomic E-state index is 0.267. The molecule has 1 fully saturated rings. The summed E-state index contributed by atoms with van der Waals surface area (Å²) in [6.45, 7) is 3.03. The number of nitrogens with zero attached hydrogens (tertiary/aromatic N) is 2. The maximum atomic E-state index is 5.79. The van der Waals surface area contributed by atoms with E-state index in [1.54, 1.807) is 0 Å². The first-order valence-corrected chi connectivity index (χ1v) is 7.33. The van der Waals surface area contributed by atoms with Crippen molar-refractivity contribution in [2.45, 2.75) is 64.5 Å². The average molecular weight is 250 g/mol. The molecule has 1 aromatic heterocycles. The highest BCUT2D eigenvalue weighted by Crippen LogP contribution is 2.32. The molecule has 1 atom stereocenters. The first-order valence-electron chi connectivity index (χ1n) is 7.33. The second-order valence-corrected chi connectivity index (χ2v) is 5.38. The summed E-state index contributed by atoms with van der Waals surface area (Å²) in [6, 6.07) is 0.267. The summed E-state index contributed by atoms with van der Waals surface area (Å²) in [5.74, 6) is 6.45. The van der Waals surface area contributed by atoms with Gasteiger partial charge in [-0.25, -0.2) is 0 Å². The molecule has 1 aromatic rings. The normalized spacial score (nSPS) is 20.3. The Morgan fingerprint density at radius 3 is 2.56 bits per heavy atom. The van der Waals surface area contributed by atoms with Crippen LogP contribution in [0.2, 0.25) is 0 Å². The third-order valence-corrected chi connectivity index (χ3v) is 4.14. The van der Waals surface area contributed by atoms with Crippen LogP contribution in [0, 0.1) is 5.92 Å². The van der Waals surface area contributed by atoms with Gasteiger partial charge in [-0.15, -0.1) is 0 Å². The second kappa shape index (κ2) is 6.90. The number of hydrazine groups is 1. The molecule has 0 bridgehead atoms. The topological polar surface area (TPSA) is 55.9 Å². The largest absolute Gasteiger partial charge is 0.273 e. The van der Waals surface area contributed by atoms with Gasteiger partial charge in [0, 0.05) is 18.3 Å². The van der Waals surface area contributed by atoms with E-state index in [9.17, 15) is 0 Å². The van der Waals surface area contributed by atoms with E-state index in [2.05, 4.69) is 23.6 Å². The van der Waals surface area contributed by atoms with Gasteiger partial charge in [0.1, 0.15) is 0 Å². The summed E-state index contributed by atoms with van der Waals surface area (Å²) in [4.78, 5) is 0. The third-order valence-electron chi connectivity index (χ3n) is 4.14. The fraction of sp³-hybridized carbons (Fsp3) is 0.786. The standard InChI is InChI=1S/C14H26N4/c1-2-18-11-13(10-16-18)14(17-15)12-8-6-4-3-5-7-9-12/h10-12,14,17H,2-9,15H2,1H3. The van der Waals surface area contributed by atoms with Gasteiger partial charge in [-0.05, 0) is 25.7 Å². The number of aromatic nitrogens is 2. The van der Waals surface area contributed by atoms with Crippen LogP contribution in [0.1, 0.15) is 63.5 Å². The Balaban J connectivity index is 2.05. The zero-order valence-electron chi connectivity index (χ0n) is 11.4. The molecule has 0 saturated heterocycles. The Bertz CT molecular complexity index is 339. The molecule has 0 radical (unpaired) electrons. The molecular weight excluding hydrogens is 224 g/mol. The summed E-state index contributed by atoms with van der Waals surface area (Å²) in [6.07, 6.45) is 13.5. The Morgan fingerprint density at radius 2 is 2.00 bits per heavy atom. The lowest BCUT2D eigenvalue weighted by molar-refractivity contribution is 0.290. The number of hydrogen-bond acceptors (Lipinski definition) is 3. The quantitative estimate of drug-likeness (QED) is 0.638. The minimum atomic E-state index is 0.267. The molecule has 0 aliphatic heterocycles. The van der Waals surface area contributed by atoms with Crippen molar-refractivity contribution in [3.05, 3.63) is 18.0 Å². The maximum absolute atomic E-state index is 5.79. The molecule has 4 heteroatoms. The van der Waals surface area contributed by atoms with Crippen LogP contribution in [0.25, 0.3) is 0 Å². The van der Waals surface area contributed by atoms with Crippen molar-refractivity contribution in [2.24, 2.45) is 11.8 Å². The lowest BCUT2D eigenvalue weighted by atomic mass is 9.84. The zero-order chi connectivity index (χ0) is 12.8. The molecule has 0 amide bonds. The Hall–Kier alpha value is -0.870. The lowest BCUT2D eigenvalue weighted by Gasteiger charge is -2.27. The van der Waals surface area contributed by atoms with E-state index >= 15 is 0 Å². The average Bonchev–Trinajstić information content (AvgIpc) is 2.81. The minimum Gasteiger partial charge on any atom is -0.273 e. The predicted octanol–water partition coefficient (Wildman–Crippen LogP) is 2.77. The fourth-order valence-electron chi connectivity index (χ4n) is 3.04. The van der Waals surface area contributed by atoms with Crippen molar-refractivity contribution in [1.29, 1.82) is 0 Å². The molecule has 3 N–H and O–H groups in total. The van der Waals surface area contributed by atoms with Crippen molar-refractivity contribution in [2.75, 3.05) is 0 Å². The van der Waals surface area contributed by atoms with E-state index in [-0.39, 0.29) is 6.04 Å². The molecular formula is C14H26N4. The van der Waals surface area contributed by atoms with Crippen molar-refractivity contribution in [1.82, 2.24) is 15.2 Å². The molecule has 0 aromatic carbocycles. The number of aryl methyl sites for hydroxylation is 1. The molecule has 18 heavy (non-hydrogen) atoms. The first-order chi connectivity index (χ1) is 8.85. The predicted molar refractivity (Wildman–Crippen MR) is 73.8 cm³/mol. The molecule has 1 unspecified atom stereocenters. The fourth-order valence-corrected chi connectivity index (χ4v) is 3.04. The second-order valence-electron chi connectivity index (χ2n) is 5.38. The molecule has 1 heterocycles. The maximum Gasteiger partial charge on any atom is 0.0538 e. The van der Waals surface area contributed by atoms with Gasteiger partial charge in [-0.3, -0.25) is 16.0 Å². The van der Waals surface area contributed by atoms with Gasteiger partial charge in [0.25, 0.3) is 0 Å². The number of hydrogen-bond donors (Lipinski definition) is 2. The van der Waals surface area contributed by atoms with E-state index in [0.29, 0.717) is 5.92 Å².